The maximum absolute atomic E-state index is 10.2. The number of hydrogen-bond donors (Lipinski definition) is 2. The van der Waals surface area contributed by atoms with Crippen LogP contribution in [0, 0.1) is 11.3 Å². The van der Waals surface area contributed by atoms with Crippen LogP contribution in [0.4, 0.5) is 5.69 Å². The summed E-state index contributed by atoms with van der Waals surface area (Å²) in [4.78, 5) is 13.4. The number of aliphatic hydroxyl groups is 1. The molecule has 5 rings (SSSR count). The Hall–Kier alpha value is -3.84. The van der Waals surface area contributed by atoms with E-state index < -0.39 is 0 Å². The maximum Gasteiger partial charge on any atom is 0.165 e. The molecule has 0 spiro atoms. The van der Waals surface area contributed by atoms with Crippen molar-refractivity contribution in [3.05, 3.63) is 42.6 Å². The van der Waals surface area contributed by atoms with Gasteiger partial charge in [0.15, 0.2) is 5.65 Å². The minimum absolute atomic E-state index is 0.0355. The lowest BCUT2D eigenvalue weighted by molar-refractivity contribution is 0.129. The molecule has 1 saturated carbocycles. The summed E-state index contributed by atoms with van der Waals surface area (Å²) in [6.07, 6.45) is 9.09. The number of aromatic nitrogens is 7. The number of hydrogen-bond acceptors (Lipinski definition) is 8. The smallest absolute Gasteiger partial charge is 0.165 e. The predicted molar refractivity (Wildman–Crippen MR) is 118 cm³/mol. The first kappa shape index (κ1) is 20.1. The molecule has 0 aromatic carbocycles. The largest absolute Gasteiger partial charge is 0.391 e. The average Bonchev–Trinajstić information content (AvgIpc) is 3.52. The first-order chi connectivity index (χ1) is 15.5. The number of fused-ring (bicyclic) bond motifs is 1. The molecule has 4 aromatic heterocycles. The second-order valence-corrected chi connectivity index (χ2v) is 8.33. The van der Waals surface area contributed by atoms with Crippen LogP contribution in [0.2, 0.25) is 0 Å². The Kier molecular flexibility index (Phi) is 5.03. The van der Waals surface area contributed by atoms with E-state index in [4.69, 9.17) is 5.26 Å². The van der Waals surface area contributed by atoms with Crippen LogP contribution in [0.3, 0.4) is 0 Å². The standard InChI is InChI=1S/C22H23N9O/c1-13(2)27-16-7-21(30-12-26-17-6-14(8-23)9-25-22(17)30)24-10-15(16)18-11-31(29-28-18)19-4-3-5-20(19)32/h6-7,9-13,19-20,32H,3-5H2,1-2H3,(H,24,27)/t19-,20-/m1/s1. The number of rotatable bonds is 5. The molecule has 32 heavy (non-hydrogen) atoms. The topological polar surface area (TPSA) is 130 Å². The molecule has 0 amide bonds. The van der Waals surface area contributed by atoms with Gasteiger partial charge in [-0.2, -0.15) is 5.26 Å². The van der Waals surface area contributed by atoms with Gasteiger partial charge in [-0.15, -0.1) is 5.10 Å². The minimum Gasteiger partial charge on any atom is -0.391 e. The van der Waals surface area contributed by atoms with Crippen LogP contribution in [0.25, 0.3) is 28.2 Å². The minimum atomic E-state index is -0.387. The van der Waals surface area contributed by atoms with Gasteiger partial charge in [0, 0.05) is 35.8 Å². The van der Waals surface area contributed by atoms with E-state index in [9.17, 15) is 5.11 Å². The molecule has 162 valence electrons. The Balaban J connectivity index is 1.54. The predicted octanol–water partition coefficient (Wildman–Crippen LogP) is 2.85. The van der Waals surface area contributed by atoms with Crippen molar-refractivity contribution in [2.45, 2.75) is 51.3 Å². The van der Waals surface area contributed by atoms with Gasteiger partial charge in [-0.25, -0.2) is 19.6 Å². The number of aliphatic hydroxyl groups excluding tert-OH is 1. The van der Waals surface area contributed by atoms with Gasteiger partial charge in [0.1, 0.15) is 29.4 Å². The van der Waals surface area contributed by atoms with E-state index in [1.165, 1.54) is 6.20 Å². The molecule has 4 heterocycles. The highest BCUT2D eigenvalue weighted by atomic mass is 16.3. The third-order valence-corrected chi connectivity index (χ3v) is 5.67. The van der Waals surface area contributed by atoms with Gasteiger partial charge in [0.25, 0.3) is 0 Å². The Morgan fingerprint density at radius 1 is 1.19 bits per heavy atom. The Morgan fingerprint density at radius 3 is 2.81 bits per heavy atom. The second kappa shape index (κ2) is 8.01. The molecule has 1 fully saturated rings. The molecule has 1 aliphatic rings. The van der Waals surface area contributed by atoms with Crippen molar-refractivity contribution in [1.82, 2.24) is 34.5 Å². The van der Waals surface area contributed by atoms with Gasteiger partial charge in [-0.05, 0) is 39.2 Å². The van der Waals surface area contributed by atoms with Crippen LogP contribution < -0.4 is 5.32 Å². The van der Waals surface area contributed by atoms with Crippen LogP contribution in [0.1, 0.15) is 44.7 Å². The fraction of sp³-hybridized carbons (Fsp3) is 0.364. The SMILES string of the molecule is CC(C)Nc1cc(-n2cnc3cc(C#N)cnc32)ncc1-c1cn([C@@H]2CCC[C@H]2O)nn1. The molecule has 4 aromatic rings. The summed E-state index contributed by atoms with van der Waals surface area (Å²) in [5, 5.41) is 31.4. The summed E-state index contributed by atoms with van der Waals surface area (Å²) < 4.78 is 3.55. The second-order valence-electron chi connectivity index (χ2n) is 8.33. The highest BCUT2D eigenvalue weighted by Crippen LogP contribution is 2.33. The number of imidazole rings is 1. The van der Waals surface area contributed by atoms with E-state index in [2.05, 4.69) is 50.5 Å². The first-order valence-electron chi connectivity index (χ1n) is 10.6. The molecule has 0 unspecified atom stereocenters. The highest BCUT2D eigenvalue weighted by Gasteiger charge is 2.28. The summed E-state index contributed by atoms with van der Waals surface area (Å²) in [7, 11) is 0. The summed E-state index contributed by atoms with van der Waals surface area (Å²) in [6, 6.07) is 5.87. The maximum atomic E-state index is 10.2. The lowest BCUT2D eigenvalue weighted by Crippen LogP contribution is -2.18. The zero-order chi connectivity index (χ0) is 22.2. The van der Waals surface area contributed by atoms with Crippen molar-refractivity contribution in [2.24, 2.45) is 0 Å². The molecule has 0 aliphatic heterocycles. The highest BCUT2D eigenvalue weighted by molar-refractivity contribution is 5.78. The number of anilines is 1. The van der Waals surface area contributed by atoms with Crippen LogP contribution in [-0.2, 0) is 0 Å². The van der Waals surface area contributed by atoms with Crippen molar-refractivity contribution >= 4 is 16.9 Å². The molecule has 10 nitrogen and oxygen atoms in total. The molecular weight excluding hydrogens is 406 g/mol. The van der Waals surface area contributed by atoms with Crippen molar-refractivity contribution in [2.75, 3.05) is 5.32 Å². The van der Waals surface area contributed by atoms with Crippen molar-refractivity contribution in [3.8, 4) is 23.1 Å². The fourth-order valence-corrected chi connectivity index (χ4v) is 4.13. The van der Waals surface area contributed by atoms with Crippen molar-refractivity contribution in [3.63, 3.8) is 0 Å². The molecule has 1 aliphatic carbocycles. The van der Waals surface area contributed by atoms with E-state index in [1.54, 1.807) is 27.8 Å². The Morgan fingerprint density at radius 2 is 2.06 bits per heavy atom. The molecule has 10 heteroatoms. The zero-order valence-corrected chi connectivity index (χ0v) is 17.8. The molecule has 0 radical (unpaired) electrons. The lowest BCUT2D eigenvalue weighted by Gasteiger charge is -2.15. The summed E-state index contributed by atoms with van der Waals surface area (Å²) >= 11 is 0. The first-order valence-corrected chi connectivity index (χ1v) is 10.6. The molecule has 2 atom stereocenters. The van der Waals surface area contributed by atoms with E-state index in [0.717, 1.165) is 30.5 Å². The number of nitriles is 1. The molecule has 0 saturated heterocycles. The van der Waals surface area contributed by atoms with Crippen LogP contribution in [0.15, 0.2) is 37.1 Å². The van der Waals surface area contributed by atoms with E-state index in [-0.39, 0.29) is 18.2 Å². The number of nitrogens with one attached hydrogen (secondary N) is 1. The third-order valence-electron chi connectivity index (χ3n) is 5.67. The zero-order valence-electron chi connectivity index (χ0n) is 17.8. The van der Waals surface area contributed by atoms with Gasteiger partial charge < -0.3 is 10.4 Å². The quantitative estimate of drug-likeness (QED) is 0.495. The average molecular weight is 429 g/mol. The van der Waals surface area contributed by atoms with Gasteiger partial charge in [0.05, 0.1) is 23.9 Å². The monoisotopic (exact) mass is 429 g/mol. The Bertz CT molecular complexity index is 1320. The van der Waals surface area contributed by atoms with E-state index in [1.807, 2.05) is 12.3 Å². The van der Waals surface area contributed by atoms with Gasteiger partial charge in [-0.3, -0.25) is 4.57 Å². The third kappa shape index (κ3) is 3.56. The van der Waals surface area contributed by atoms with E-state index >= 15 is 0 Å². The Labute approximate surface area is 184 Å². The number of nitrogens with zero attached hydrogens (tertiary/aromatic N) is 8. The van der Waals surface area contributed by atoms with E-state index in [0.29, 0.717) is 28.2 Å². The van der Waals surface area contributed by atoms with Gasteiger partial charge in [-0.1, -0.05) is 5.21 Å². The molecule has 2 N–H and O–H groups in total. The lowest BCUT2D eigenvalue weighted by atomic mass is 10.1. The van der Waals surface area contributed by atoms with Crippen LogP contribution in [0.5, 0.6) is 0 Å². The molecule has 0 bridgehead atoms. The summed E-state index contributed by atoms with van der Waals surface area (Å²) in [6.45, 7) is 4.13. The normalized spacial score (nSPS) is 18.3. The molecular formula is C22H23N9O. The number of pyridine rings is 2. The summed E-state index contributed by atoms with van der Waals surface area (Å²) in [5.41, 5.74) is 4.10. The van der Waals surface area contributed by atoms with Crippen molar-refractivity contribution < 1.29 is 5.11 Å². The van der Waals surface area contributed by atoms with Crippen LogP contribution in [-0.4, -0.2) is 51.8 Å². The van der Waals surface area contributed by atoms with Gasteiger partial charge in [0.2, 0.25) is 0 Å². The van der Waals surface area contributed by atoms with Crippen LogP contribution >= 0.6 is 0 Å². The van der Waals surface area contributed by atoms with Crippen molar-refractivity contribution in [1.29, 1.82) is 5.26 Å². The summed E-state index contributed by atoms with van der Waals surface area (Å²) in [5.74, 6) is 0.648. The fourth-order valence-electron chi connectivity index (χ4n) is 4.13. The van der Waals surface area contributed by atoms with Gasteiger partial charge >= 0.3 is 0 Å².